The number of aromatic nitrogens is 2. The van der Waals surface area contributed by atoms with Gasteiger partial charge in [0.15, 0.2) is 34.9 Å². The molecule has 1 aliphatic heterocycles. The third kappa shape index (κ3) is 3.21. The van der Waals surface area contributed by atoms with Gasteiger partial charge in [0.25, 0.3) is 0 Å². The molecule has 0 saturated carbocycles. The summed E-state index contributed by atoms with van der Waals surface area (Å²) in [4.78, 5) is 24.9. The lowest BCUT2D eigenvalue weighted by atomic mass is 10.1. The van der Waals surface area contributed by atoms with Gasteiger partial charge >= 0.3 is 0 Å². The van der Waals surface area contributed by atoms with Crippen LogP contribution in [0.3, 0.4) is 0 Å². The fraction of sp³-hybridized carbons (Fsp3) is 0.250. The maximum Gasteiger partial charge on any atom is 0.232 e. The molecule has 0 bridgehead atoms. The maximum absolute atomic E-state index is 14.0. The molecular weight excluding hydrogens is 407 g/mol. The quantitative estimate of drug-likeness (QED) is 0.359. The Morgan fingerprint density at radius 1 is 0.867 bits per heavy atom. The van der Waals surface area contributed by atoms with Crippen molar-refractivity contribution in [1.29, 1.82) is 0 Å². The number of anilines is 2. The van der Waals surface area contributed by atoms with E-state index in [0.717, 1.165) is 0 Å². The highest BCUT2D eigenvalue weighted by atomic mass is 19.2. The van der Waals surface area contributed by atoms with Gasteiger partial charge in [0.05, 0.1) is 17.5 Å². The van der Waals surface area contributed by atoms with Gasteiger partial charge in [-0.15, -0.1) is 0 Å². The Bertz CT molecular complexity index is 1140. The molecule has 3 aromatic rings. The first-order valence-electron chi connectivity index (χ1n) is 9.08. The minimum absolute atomic E-state index is 0.151. The highest BCUT2D eigenvalue weighted by Crippen LogP contribution is 2.31. The Kier molecular flexibility index (Phi) is 5.00. The third-order valence-corrected chi connectivity index (χ3v) is 4.96. The molecule has 10 heteroatoms. The normalized spacial score (nSPS) is 14.1. The molecule has 0 aliphatic carbocycles. The van der Waals surface area contributed by atoms with Gasteiger partial charge in [-0.25, -0.2) is 31.9 Å². The molecule has 1 amide bonds. The number of fused-ring (bicyclic) bond motifs is 2. The summed E-state index contributed by atoms with van der Waals surface area (Å²) in [5, 5.41) is 0. The number of hydrogen-bond donors (Lipinski definition) is 0. The highest BCUT2D eigenvalue weighted by molar-refractivity contribution is 5.98. The number of para-hydroxylation sites is 2. The lowest BCUT2D eigenvalue weighted by Gasteiger charge is -2.23. The number of halogens is 5. The molecule has 2 heterocycles. The SMILES string of the molecule is CN1CCCN(C(=O)Cc2c(F)c(F)c(F)c(F)c2F)c2nc3ccccc3nc21. The zero-order valence-corrected chi connectivity index (χ0v) is 15.7. The maximum atomic E-state index is 14.0. The summed E-state index contributed by atoms with van der Waals surface area (Å²) in [6.45, 7) is 0.685. The molecule has 4 rings (SSSR count). The van der Waals surface area contributed by atoms with Crippen molar-refractivity contribution in [3.8, 4) is 0 Å². The van der Waals surface area contributed by atoms with Crippen molar-refractivity contribution in [2.75, 3.05) is 29.9 Å². The summed E-state index contributed by atoms with van der Waals surface area (Å²) >= 11 is 0. The first-order valence-corrected chi connectivity index (χ1v) is 9.08. The molecule has 1 aliphatic rings. The van der Waals surface area contributed by atoms with Crippen molar-refractivity contribution >= 4 is 28.6 Å². The van der Waals surface area contributed by atoms with Crippen molar-refractivity contribution < 1.29 is 26.7 Å². The van der Waals surface area contributed by atoms with Crippen LogP contribution in [0.15, 0.2) is 24.3 Å². The Hall–Kier alpha value is -3.30. The van der Waals surface area contributed by atoms with E-state index >= 15 is 0 Å². The molecule has 0 atom stereocenters. The smallest absolute Gasteiger partial charge is 0.232 e. The van der Waals surface area contributed by atoms with E-state index in [0.29, 0.717) is 29.8 Å². The van der Waals surface area contributed by atoms with Crippen LogP contribution < -0.4 is 9.80 Å². The van der Waals surface area contributed by atoms with Crippen LogP contribution in [0.1, 0.15) is 12.0 Å². The Labute approximate surface area is 167 Å². The second-order valence-electron chi connectivity index (χ2n) is 6.91. The van der Waals surface area contributed by atoms with Crippen LogP contribution in [-0.2, 0) is 11.2 Å². The number of carbonyl (C=O) groups is 1. The van der Waals surface area contributed by atoms with Crippen molar-refractivity contribution in [3.63, 3.8) is 0 Å². The molecule has 0 saturated heterocycles. The predicted octanol–water partition coefficient (Wildman–Crippen LogP) is 3.74. The van der Waals surface area contributed by atoms with Gasteiger partial charge in [-0.3, -0.25) is 9.69 Å². The van der Waals surface area contributed by atoms with Gasteiger partial charge in [0.2, 0.25) is 11.7 Å². The van der Waals surface area contributed by atoms with E-state index in [-0.39, 0.29) is 12.4 Å². The molecule has 30 heavy (non-hydrogen) atoms. The van der Waals surface area contributed by atoms with Gasteiger partial charge in [0, 0.05) is 25.7 Å². The molecule has 0 spiro atoms. The van der Waals surface area contributed by atoms with E-state index in [1.807, 2.05) is 0 Å². The monoisotopic (exact) mass is 422 g/mol. The molecule has 5 nitrogen and oxygen atoms in total. The summed E-state index contributed by atoms with van der Waals surface area (Å²) < 4.78 is 68.4. The molecule has 156 valence electrons. The number of hydrogen-bond acceptors (Lipinski definition) is 4. The largest absolute Gasteiger partial charge is 0.357 e. The van der Waals surface area contributed by atoms with E-state index in [1.54, 1.807) is 36.2 Å². The first kappa shape index (κ1) is 20.0. The number of benzene rings is 2. The van der Waals surface area contributed by atoms with Crippen molar-refractivity contribution in [2.45, 2.75) is 12.8 Å². The zero-order chi connectivity index (χ0) is 21.6. The second-order valence-corrected chi connectivity index (χ2v) is 6.91. The second kappa shape index (κ2) is 7.51. The van der Waals surface area contributed by atoms with Crippen LogP contribution in [-0.4, -0.2) is 36.0 Å². The van der Waals surface area contributed by atoms with E-state index in [1.165, 1.54) is 4.90 Å². The number of nitrogens with zero attached hydrogens (tertiary/aromatic N) is 4. The molecule has 0 unspecified atom stereocenters. The molecule has 0 radical (unpaired) electrons. The lowest BCUT2D eigenvalue weighted by Crippen LogP contribution is -2.34. The van der Waals surface area contributed by atoms with Crippen LogP contribution in [0.5, 0.6) is 0 Å². The Morgan fingerprint density at radius 3 is 2.00 bits per heavy atom. The number of carbonyl (C=O) groups excluding carboxylic acids is 1. The van der Waals surface area contributed by atoms with Gasteiger partial charge < -0.3 is 4.90 Å². The van der Waals surface area contributed by atoms with E-state index in [4.69, 9.17) is 0 Å². The van der Waals surface area contributed by atoms with E-state index < -0.39 is 47.0 Å². The summed E-state index contributed by atoms with van der Waals surface area (Å²) in [5.74, 6) is -10.8. The fourth-order valence-corrected chi connectivity index (χ4v) is 3.39. The fourth-order valence-electron chi connectivity index (χ4n) is 3.39. The average Bonchev–Trinajstić information content (AvgIpc) is 2.91. The van der Waals surface area contributed by atoms with Gasteiger partial charge in [-0.2, -0.15) is 0 Å². The zero-order valence-electron chi connectivity index (χ0n) is 15.7. The van der Waals surface area contributed by atoms with Crippen molar-refractivity contribution in [3.05, 3.63) is 58.9 Å². The lowest BCUT2D eigenvalue weighted by molar-refractivity contribution is -0.118. The van der Waals surface area contributed by atoms with Crippen molar-refractivity contribution in [2.24, 2.45) is 0 Å². The topological polar surface area (TPSA) is 49.3 Å². The summed E-state index contributed by atoms with van der Waals surface area (Å²) in [6.07, 6.45) is -0.517. The van der Waals surface area contributed by atoms with Crippen molar-refractivity contribution in [1.82, 2.24) is 9.97 Å². The van der Waals surface area contributed by atoms with Gasteiger partial charge in [-0.05, 0) is 18.6 Å². The molecule has 1 aromatic heterocycles. The number of rotatable bonds is 2. The Balaban J connectivity index is 1.78. The van der Waals surface area contributed by atoms with Gasteiger partial charge in [0.1, 0.15) is 0 Å². The standard InChI is InChI=1S/C20H15F5N4O/c1-28-7-4-8-29(20-19(28)26-11-5-2-3-6-12(11)27-20)13(30)9-10-14(21)16(23)18(25)17(24)15(10)22/h2-3,5-6H,4,7-9H2,1H3. The molecule has 0 fully saturated rings. The minimum Gasteiger partial charge on any atom is -0.357 e. The first-order chi connectivity index (χ1) is 14.3. The molecule has 2 aromatic carbocycles. The highest BCUT2D eigenvalue weighted by Gasteiger charge is 2.31. The average molecular weight is 422 g/mol. The van der Waals surface area contributed by atoms with Crippen LogP contribution >= 0.6 is 0 Å². The number of amides is 1. The Morgan fingerprint density at radius 2 is 1.40 bits per heavy atom. The molecular formula is C20H15F5N4O. The third-order valence-electron chi connectivity index (χ3n) is 4.96. The van der Waals surface area contributed by atoms with Gasteiger partial charge in [-0.1, -0.05) is 12.1 Å². The van der Waals surface area contributed by atoms with Crippen LogP contribution in [0.4, 0.5) is 33.6 Å². The van der Waals surface area contributed by atoms with E-state index in [2.05, 4.69) is 9.97 Å². The molecule has 0 N–H and O–H groups in total. The predicted molar refractivity (Wildman–Crippen MR) is 99.7 cm³/mol. The van der Waals surface area contributed by atoms with Crippen LogP contribution in [0.2, 0.25) is 0 Å². The van der Waals surface area contributed by atoms with E-state index in [9.17, 15) is 26.7 Å². The summed E-state index contributed by atoms with van der Waals surface area (Å²) in [7, 11) is 1.76. The summed E-state index contributed by atoms with van der Waals surface area (Å²) in [6, 6.07) is 6.97. The minimum atomic E-state index is -2.26. The van der Waals surface area contributed by atoms with Crippen LogP contribution in [0.25, 0.3) is 11.0 Å². The summed E-state index contributed by atoms with van der Waals surface area (Å²) in [5.41, 5.74) is -0.0814. The van der Waals surface area contributed by atoms with Crippen LogP contribution in [0, 0.1) is 29.1 Å².